The van der Waals surface area contributed by atoms with Crippen molar-refractivity contribution >= 4 is 11.7 Å². The summed E-state index contributed by atoms with van der Waals surface area (Å²) >= 11 is 0. The summed E-state index contributed by atoms with van der Waals surface area (Å²) in [5.41, 5.74) is 3.89. The van der Waals surface area contributed by atoms with Gasteiger partial charge in [0.2, 0.25) is 0 Å². The monoisotopic (exact) mass is 467 g/mol. The summed E-state index contributed by atoms with van der Waals surface area (Å²) in [6.45, 7) is 6.74. The summed E-state index contributed by atoms with van der Waals surface area (Å²) in [6, 6.07) is 29.7. The molecule has 1 aliphatic rings. The molecule has 182 valence electrons. The molecule has 3 aromatic rings. The Morgan fingerprint density at radius 1 is 0.857 bits per heavy atom. The Kier molecular flexibility index (Phi) is 8.52. The van der Waals surface area contributed by atoms with Crippen LogP contribution in [0.4, 0.5) is 0 Å². The Morgan fingerprint density at radius 2 is 1.40 bits per heavy atom. The van der Waals surface area contributed by atoms with Gasteiger partial charge in [0.15, 0.2) is 6.04 Å². The summed E-state index contributed by atoms with van der Waals surface area (Å²) in [5, 5.41) is 0. The van der Waals surface area contributed by atoms with E-state index in [1.165, 1.54) is 6.42 Å². The van der Waals surface area contributed by atoms with Gasteiger partial charge in [-0.15, -0.1) is 0 Å². The van der Waals surface area contributed by atoms with E-state index in [2.05, 4.69) is 32.9 Å². The minimum Gasteiger partial charge on any atom is -0.460 e. The predicted molar refractivity (Wildman–Crippen MR) is 144 cm³/mol. The molecule has 0 heterocycles. The van der Waals surface area contributed by atoms with Crippen molar-refractivity contribution < 1.29 is 9.53 Å². The SMILES string of the molecule is CC(C)[C@@H]1CC[C@@H](C)C[C@H]1OC(=O)[C@H](Cc1ccccc1)N=C(c1ccccc1)c1ccccc1. The molecule has 0 aromatic heterocycles. The topological polar surface area (TPSA) is 38.7 Å². The van der Waals surface area contributed by atoms with Gasteiger partial charge in [-0.2, -0.15) is 0 Å². The number of esters is 1. The molecule has 4 atom stereocenters. The molecule has 0 aliphatic heterocycles. The molecule has 1 aliphatic carbocycles. The first-order valence-corrected chi connectivity index (χ1v) is 12.9. The smallest absolute Gasteiger partial charge is 0.331 e. The van der Waals surface area contributed by atoms with E-state index in [1.807, 2.05) is 78.9 Å². The fourth-order valence-corrected chi connectivity index (χ4v) is 5.16. The van der Waals surface area contributed by atoms with Gasteiger partial charge in [-0.1, -0.05) is 118 Å². The van der Waals surface area contributed by atoms with Crippen molar-refractivity contribution in [2.45, 2.75) is 58.6 Å². The summed E-state index contributed by atoms with van der Waals surface area (Å²) in [4.78, 5) is 18.9. The van der Waals surface area contributed by atoms with Crippen molar-refractivity contribution in [1.82, 2.24) is 0 Å². The number of hydrogen-bond donors (Lipinski definition) is 0. The molecule has 1 fully saturated rings. The third-order valence-corrected chi connectivity index (χ3v) is 7.15. The third kappa shape index (κ3) is 6.69. The maximum Gasteiger partial charge on any atom is 0.331 e. The minimum atomic E-state index is -0.613. The summed E-state index contributed by atoms with van der Waals surface area (Å²) < 4.78 is 6.30. The molecule has 0 unspecified atom stereocenters. The van der Waals surface area contributed by atoms with Crippen LogP contribution in [-0.2, 0) is 16.0 Å². The van der Waals surface area contributed by atoms with Gasteiger partial charge >= 0.3 is 5.97 Å². The van der Waals surface area contributed by atoms with E-state index in [0.29, 0.717) is 24.2 Å². The lowest BCUT2D eigenvalue weighted by Crippen LogP contribution is -2.39. The second-order valence-corrected chi connectivity index (χ2v) is 10.2. The number of rotatable bonds is 8. The quantitative estimate of drug-likeness (QED) is 0.261. The standard InChI is InChI=1S/C32H37NO2/c1-23(2)28-20-19-24(3)21-30(28)35-32(34)29(22-25-13-7-4-8-14-25)33-31(26-15-9-5-10-16-26)27-17-11-6-12-18-27/h4-18,23-24,28-30H,19-22H2,1-3H3/t24-,28+,29+,30-/m1/s1. The molecule has 0 radical (unpaired) electrons. The summed E-state index contributed by atoms with van der Waals surface area (Å²) in [7, 11) is 0. The van der Waals surface area contributed by atoms with Gasteiger partial charge in [0.25, 0.3) is 0 Å². The number of carbonyl (C=O) groups is 1. The van der Waals surface area contributed by atoms with E-state index in [-0.39, 0.29) is 12.1 Å². The largest absolute Gasteiger partial charge is 0.460 e. The maximum atomic E-state index is 13.8. The van der Waals surface area contributed by atoms with Crippen molar-refractivity contribution in [2.75, 3.05) is 0 Å². The average molecular weight is 468 g/mol. The first-order valence-electron chi connectivity index (χ1n) is 12.9. The van der Waals surface area contributed by atoms with Crippen LogP contribution >= 0.6 is 0 Å². The molecular weight excluding hydrogens is 430 g/mol. The zero-order chi connectivity index (χ0) is 24.6. The number of nitrogens with zero attached hydrogens (tertiary/aromatic N) is 1. The van der Waals surface area contributed by atoms with Crippen LogP contribution in [0.5, 0.6) is 0 Å². The Labute approximate surface area is 210 Å². The number of carbonyl (C=O) groups excluding carboxylic acids is 1. The molecule has 3 aromatic carbocycles. The van der Waals surface area contributed by atoms with Crippen LogP contribution in [0.2, 0.25) is 0 Å². The van der Waals surface area contributed by atoms with Crippen molar-refractivity contribution in [3.05, 3.63) is 108 Å². The molecule has 4 rings (SSSR count). The van der Waals surface area contributed by atoms with Crippen LogP contribution in [0.15, 0.2) is 96.0 Å². The van der Waals surface area contributed by atoms with Crippen molar-refractivity contribution in [2.24, 2.45) is 22.7 Å². The lowest BCUT2D eigenvalue weighted by molar-refractivity contribution is -0.157. The van der Waals surface area contributed by atoms with E-state index in [9.17, 15) is 4.79 Å². The number of ether oxygens (including phenoxy) is 1. The molecule has 3 nitrogen and oxygen atoms in total. The second kappa shape index (κ2) is 12.0. The zero-order valence-electron chi connectivity index (χ0n) is 21.1. The van der Waals surface area contributed by atoms with E-state index in [1.54, 1.807) is 0 Å². The van der Waals surface area contributed by atoms with Gasteiger partial charge < -0.3 is 4.74 Å². The molecule has 0 amide bonds. The molecular formula is C32H37NO2. The number of hydrogen-bond acceptors (Lipinski definition) is 3. The van der Waals surface area contributed by atoms with Crippen molar-refractivity contribution in [1.29, 1.82) is 0 Å². The highest BCUT2D eigenvalue weighted by Crippen LogP contribution is 2.35. The van der Waals surface area contributed by atoms with E-state index < -0.39 is 6.04 Å². The highest BCUT2D eigenvalue weighted by Gasteiger charge is 2.35. The highest BCUT2D eigenvalue weighted by molar-refractivity contribution is 6.13. The molecule has 0 N–H and O–H groups in total. The summed E-state index contributed by atoms with van der Waals surface area (Å²) in [5.74, 6) is 1.24. The highest BCUT2D eigenvalue weighted by atomic mass is 16.5. The van der Waals surface area contributed by atoms with Gasteiger partial charge in [0, 0.05) is 17.5 Å². The second-order valence-electron chi connectivity index (χ2n) is 10.2. The van der Waals surface area contributed by atoms with Gasteiger partial charge in [-0.05, 0) is 36.2 Å². The third-order valence-electron chi connectivity index (χ3n) is 7.15. The average Bonchev–Trinajstić information content (AvgIpc) is 2.88. The first kappa shape index (κ1) is 24.9. The van der Waals surface area contributed by atoms with Crippen LogP contribution in [0.25, 0.3) is 0 Å². The molecule has 1 saturated carbocycles. The predicted octanol–water partition coefficient (Wildman–Crippen LogP) is 7.14. The molecule has 3 heteroatoms. The lowest BCUT2D eigenvalue weighted by Gasteiger charge is -2.37. The van der Waals surface area contributed by atoms with Crippen molar-refractivity contribution in [3.63, 3.8) is 0 Å². The van der Waals surface area contributed by atoms with Gasteiger partial charge in [-0.25, -0.2) is 4.79 Å². The number of benzene rings is 3. The summed E-state index contributed by atoms with van der Waals surface area (Å²) in [6.07, 6.45) is 3.71. The number of aliphatic imine (C=N–C) groups is 1. The maximum absolute atomic E-state index is 13.8. The van der Waals surface area contributed by atoms with Gasteiger partial charge in [0.05, 0.1) is 5.71 Å². The molecule has 0 saturated heterocycles. The van der Waals surface area contributed by atoms with Crippen LogP contribution in [-0.4, -0.2) is 23.8 Å². The van der Waals surface area contributed by atoms with Gasteiger partial charge in [0.1, 0.15) is 6.10 Å². The normalized spacial score (nSPS) is 20.7. The fraction of sp³-hybridized carbons (Fsp3) is 0.375. The lowest BCUT2D eigenvalue weighted by atomic mass is 9.75. The first-order chi connectivity index (χ1) is 17.0. The Balaban J connectivity index is 1.70. The minimum absolute atomic E-state index is 0.0448. The fourth-order valence-electron chi connectivity index (χ4n) is 5.16. The zero-order valence-corrected chi connectivity index (χ0v) is 21.1. The molecule has 35 heavy (non-hydrogen) atoms. The van der Waals surface area contributed by atoms with Crippen LogP contribution < -0.4 is 0 Å². The molecule has 0 spiro atoms. The molecule has 0 bridgehead atoms. The van der Waals surface area contributed by atoms with Crippen LogP contribution in [0, 0.1) is 17.8 Å². The van der Waals surface area contributed by atoms with E-state index >= 15 is 0 Å². The van der Waals surface area contributed by atoms with E-state index in [0.717, 1.165) is 35.2 Å². The Hall–Kier alpha value is -3.20. The van der Waals surface area contributed by atoms with Crippen LogP contribution in [0.3, 0.4) is 0 Å². The Morgan fingerprint density at radius 3 is 1.94 bits per heavy atom. The van der Waals surface area contributed by atoms with Crippen molar-refractivity contribution in [3.8, 4) is 0 Å². The van der Waals surface area contributed by atoms with Crippen LogP contribution in [0.1, 0.15) is 56.7 Å². The van der Waals surface area contributed by atoms with E-state index in [4.69, 9.17) is 9.73 Å². The van der Waals surface area contributed by atoms with Gasteiger partial charge in [-0.3, -0.25) is 4.99 Å². The Bertz CT molecular complexity index is 1050.